The number of anilines is 1. The van der Waals surface area contributed by atoms with Crippen molar-refractivity contribution < 1.29 is 4.79 Å². The van der Waals surface area contributed by atoms with Gasteiger partial charge in [-0.05, 0) is 49.9 Å². The van der Waals surface area contributed by atoms with Gasteiger partial charge in [0.05, 0.1) is 17.3 Å². The van der Waals surface area contributed by atoms with E-state index < -0.39 is 0 Å². The first-order valence-electron chi connectivity index (χ1n) is 8.96. The number of carbonyl (C=O) groups excluding carboxylic acids is 1. The standard InChI is InChI=1S/C20H21N5O/c26-20(15-11-14-8-10-21-13-18(14)23-12-15)25-17-6-4-16(5-7-17)24-19-3-1-2-9-22-19/h1-3,8-13,16-17H,4-7H2,(H,22,24)(H,25,26). The van der Waals surface area contributed by atoms with Crippen molar-refractivity contribution in [3.8, 4) is 0 Å². The molecule has 0 spiro atoms. The zero-order chi connectivity index (χ0) is 17.8. The number of nitrogens with zero attached hydrogens (tertiary/aromatic N) is 3. The molecular weight excluding hydrogens is 326 g/mol. The molecule has 3 heterocycles. The molecule has 0 saturated heterocycles. The molecule has 0 radical (unpaired) electrons. The number of nitrogens with one attached hydrogen (secondary N) is 2. The average Bonchev–Trinajstić information content (AvgIpc) is 2.70. The third kappa shape index (κ3) is 3.79. The Labute approximate surface area is 152 Å². The molecule has 2 N–H and O–H groups in total. The first kappa shape index (κ1) is 16.4. The Bertz CT molecular complexity index is 891. The van der Waals surface area contributed by atoms with Gasteiger partial charge in [0, 0.05) is 36.1 Å². The van der Waals surface area contributed by atoms with Gasteiger partial charge < -0.3 is 10.6 Å². The summed E-state index contributed by atoms with van der Waals surface area (Å²) < 4.78 is 0. The lowest BCUT2D eigenvalue weighted by Crippen LogP contribution is -2.40. The van der Waals surface area contributed by atoms with Crippen LogP contribution in [0, 0.1) is 0 Å². The molecule has 1 aliphatic carbocycles. The van der Waals surface area contributed by atoms with Crippen LogP contribution in [0.25, 0.3) is 10.9 Å². The zero-order valence-corrected chi connectivity index (χ0v) is 14.4. The molecule has 132 valence electrons. The van der Waals surface area contributed by atoms with Crippen LogP contribution in [0.1, 0.15) is 36.0 Å². The summed E-state index contributed by atoms with van der Waals surface area (Å²) >= 11 is 0. The molecule has 0 atom stereocenters. The molecule has 6 heteroatoms. The fraction of sp³-hybridized carbons (Fsp3) is 0.300. The van der Waals surface area contributed by atoms with Gasteiger partial charge in [-0.25, -0.2) is 4.98 Å². The second-order valence-electron chi connectivity index (χ2n) is 6.67. The number of hydrogen-bond acceptors (Lipinski definition) is 5. The van der Waals surface area contributed by atoms with Crippen LogP contribution in [0.15, 0.2) is 55.1 Å². The summed E-state index contributed by atoms with van der Waals surface area (Å²) in [6.45, 7) is 0. The Morgan fingerprint density at radius 3 is 2.62 bits per heavy atom. The van der Waals surface area contributed by atoms with Gasteiger partial charge >= 0.3 is 0 Å². The van der Waals surface area contributed by atoms with Crippen LogP contribution in [-0.4, -0.2) is 32.9 Å². The highest BCUT2D eigenvalue weighted by molar-refractivity contribution is 5.97. The van der Waals surface area contributed by atoms with Crippen LogP contribution >= 0.6 is 0 Å². The van der Waals surface area contributed by atoms with E-state index in [1.807, 2.05) is 30.3 Å². The second kappa shape index (κ2) is 7.47. The van der Waals surface area contributed by atoms with E-state index in [2.05, 4.69) is 25.6 Å². The van der Waals surface area contributed by atoms with E-state index in [1.165, 1.54) is 0 Å². The molecular formula is C20H21N5O. The summed E-state index contributed by atoms with van der Waals surface area (Å²) in [4.78, 5) is 25.2. The minimum atomic E-state index is -0.0580. The van der Waals surface area contributed by atoms with E-state index >= 15 is 0 Å². The summed E-state index contributed by atoms with van der Waals surface area (Å²) in [5, 5.41) is 7.54. The predicted molar refractivity (Wildman–Crippen MR) is 101 cm³/mol. The Balaban J connectivity index is 1.32. The lowest BCUT2D eigenvalue weighted by atomic mass is 9.91. The highest BCUT2D eigenvalue weighted by Gasteiger charge is 2.23. The maximum Gasteiger partial charge on any atom is 0.253 e. The highest BCUT2D eigenvalue weighted by atomic mass is 16.1. The number of pyridine rings is 3. The third-order valence-electron chi connectivity index (χ3n) is 4.83. The predicted octanol–water partition coefficient (Wildman–Crippen LogP) is 3.18. The van der Waals surface area contributed by atoms with E-state index in [0.717, 1.165) is 42.4 Å². The molecule has 0 aliphatic heterocycles. The highest BCUT2D eigenvalue weighted by Crippen LogP contribution is 2.22. The van der Waals surface area contributed by atoms with E-state index in [4.69, 9.17) is 0 Å². The Kier molecular flexibility index (Phi) is 4.73. The van der Waals surface area contributed by atoms with Crippen LogP contribution in [0.5, 0.6) is 0 Å². The molecule has 1 fully saturated rings. The van der Waals surface area contributed by atoms with Gasteiger partial charge in [0.25, 0.3) is 5.91 Å². The molecule has 1 saturated carbocycles. The Hall–Kier alpha value is -3.02. The van der Waals surface area contributed by atoms with E-state index in [1.54, 1.807) is 24.8 Å². The summed E-state index contributed by atoms with van der Waals surface area (Å²) in [7, 11) is 0. The molecule has 4 rings (SSSR count). The number of aromatic nitrogens is 3. The molecule has 1 amide bonds. The summed E-state index contributed by atoms with van der Waals surface area (Å²) in [6, 6.07) is 10.2. The minimum Gasteiger partial charge on any atom is -0.367 e. The molecule has 1 aliphatic rings. The van der Waals surface area contributed by atoms with Crippen LogP contribution < -0.4 is 10.6 Å². The van der Waals surface area contributed by atoms with Gasteiger partial charge in [0.2, 0.25) is 0 Å². The topological polar surface area (TPSA) is 79.8 Å². The fourth-order valence-corrected chi connectivity index (χ4v) is 3.40. The molecule has 0 unspecified atom stereocenters. The molecule has 26 heavy (non-hydrogen) atoms. The maximum atomic E-state index is 12.5. The van der Waals surface area contributed by atoms with Crippen molar-refractivity contribution in [3.63, 3.8) is 0 Å². The second-order valence-corrected chi connectivity index (χ2v) is 6.67. The molecule has 3 aromatic rings. The Morgan fingerprint density at radius 1 is 0.962 bits per heavy atom. The van der Waals surface area contributed by atoms with Crippen molar-refractivity contribution in [2.24, 2.45) is 0 Å². The molecule has 0 bridgehead atoms. The van der Waals surface area contributed by atoms with E-state index in [-0.39, 0.29) is 11.9 Å². The van der Waals surface area contributed by atoms with Crippen molar-refractivity contribution in [2.75, 3.05) is 5.32 Å². The summed E-state index contributed by atoms with van der Waals surface area (Å²) in [6.07, 6.45) is 10.8. The van der Waals surface area contributed by atoms with Gasteiger partial charge in [0.15, 0.2) is 0 Å². The number of rotatable bonds is 4. The monoisotopic (exact) mass is 347 g/mol. The quantitative estimate of drug-likeness (QED) is 0.758. The average molecular weight is 347 g/mol. The van der Waals surface area contributed by atoms with E-state index in [0.29, 0.717) is 11.6 Å². The lowest BCUT2D eigenvalue weighted by Gasteiger charge is -2.30. The van der Waals surface area contributed by atoms with Crippen molar-refractivity contribution in [1.82, 2.24) is 20.3 Å². The van der Waals surface area contributed by atoms with Gasteiger partial charge in [-0.15, -0.1) is 0 Å². The van der Waals surface area contributed by atoms with Gasteiger partial charge in [-0.3, -0.25) is 14.8 Å². The first-order valence-corrected chi connectivity index (χ1v) is 8.96. The number of carbonyl (C=O) groups is 1. The van der Waals surface area contributed by atoms with Crippen molar-refractivity contribution in [3.05, 3.63) is 60.7 Å². The number of amides is 1. The number of fused-ring (bicyclic) bond motifs is 1. The van der Waals surface area contributed by atoms with Gasteiger partial charge in [0.1, 0.15) is 5.82 Å². The summed E-state index contributed by atoms with van der Waals surface area (Å²) in [5.41, 5.74) is 1.39. The zero-order valence-electron chi connectivity index (χ0n) is 14.4. The summed E-state index contributed by atoms with van der Waals surface area (Å²) in [5.74, 6) is 0.856. The number of hydrogen-bond donors (Lipinski definition) is 2. The molecule has 3 aromatic heterocycles. The van der Waals surface area contributed by atoms with E-state index in [9.17, 15) is 4.79 Å². The van der Waals surface area contributed by atoms with Gasteiger partial charge in [-0.2, -0.15) is 0 Å². The van der Waals surface area contributed by atoms with Crippen LogP contribution in [0.4, 0.5) is 5.82 Å². The SMILES string of the molecule is O=C(NC1CCC(Nc2ccccn2)CC1)c1cnc2cnccc2c1. The van der Waals surface area contributed by atoms with Crippen molar-refractivity contribution in [1.29, 1.82) is 0 Å². The molecule has 6 nitrogen and oxygen atoms in total. The third-order valence-corrected chi connectivity index (χ3v) is 4.83. The van der Waals surface area contributed by atoms with Crippen molar-refractivity contribution >= 4 is 22.6 Å². The lowest BCUT2D eigenvalue weighted by molar-refractivity contribution is 0.0926. The van der Waals surface area contributed by atoms with Gasteiger partial charge in [-0.1, -0.05) is 6.07 Å². The largest absolute Gasteiger partial charge is 0.367 e. The fourth-order valence-electron chi connectivity index (χ4n) is 3.40. The molecule has 0 aromatic carbocycles. The maximum absolute atomic E-state index is 12.5. The smallest absolute Gasteiger partial charge is 0.253 e. The van der Waals surface area contributed by atoms with Crippen LogP contribution in [-0.2, 0) is 0 Å². The normalized spacial score (nSPS) is 19.8. The first-order chi connectivity index (χ1) is 12.8. The minimum absolute atomic E-state index is 0.0580. The van der Waals surface area contributed by atoms with Crippen LogP contribution in [0.2, 0.25) is 0 Å². The Morgan fingerprint density at radius 2 is 1.81 bits per heavy atom. The van der Waals surface area contributed by atoms with Crippen molar-refractivity contribution in [2.45, 2.75) is 37.8 Å². The van der Waals surface area contributed by atoms with Crippen LogP contribution in [0.3, 0.4) is 0 Å².